The summed E-state index contributed by atoms with van der Waals surface area (Å²) < 4.78 is 20.5. The molecule has 2 atom stereocenters. The third-order valence-electron chi connectivity index (χ3n) is 7.61. The zero-order valence-corrected chi connectivity index (χ0v) is 23.1. The first-order valence-electron chi connectivity index (χ1n) is 12.2. The van der Waals surface area contributed by atoms with Gasteiger partial charge in [-0.15, -0.1) is 18.1 Å². The molecular weight excluding hydrogens is 429 g/mol. The van der Waals surface area contributed by atoms with Crippen LogP contribution < -0.4 is 0 Å². The molecule has 0 saturated heterocycles. The Balaban J connectivity index is 2.21. The van der Waals surface area contributed by atoms with E-state index in [-0.39, 0.29) is 28.3 Å². The fraction of sp³-hybridized carbons (Fsp3) is 0.607. The summed E-state index contributed by atoms with van der Waals surface area (Å²) in [5.74, 6) is -0.149. The lowest BCUT2D eigenvalue weighted by Crippen LogP contribution is -2.44. The molecule has 3 nitrogen and oxygen atoms in total. The summed E-state index contributed by atoms with van der Waals surface area (Å²) in [6, 6.07) is 6.13. The van der Waals surface area contributed by atoms with Gasteiger partial charge in [0.25, 0.3) is 0 Å². The molecule has 0 bridgehead atoms. The van der Waals surface area contributed by atoms with Gasteiger partial charge in [0.1, 0.15) is 11.9 Å². The van der Waals surface area contributed by atoms with Crippen LogP contribution in [0.15, 0.2) is 24.3 Å². The molecule has 0 fully saturated rings. The van der Waals surface area contributed by atoms with Crippen LogP contribution in [0.5, 0.6) is 0 Å². The van der Waals surface area contributed by atoms with Crippen molar-refractivity contribution in [1.29, 1.82) is 0 Å². The fourth-order valence-corrected chi connectivity index (χ4v) is 6.01. The average Bonchev–Trinajstić information content (AvgIpc) is 2.65. The Kier molecular flexibility index (Phi) is 7.03. The van der Waals surface area contributed by atoms with E-state index in [1.807, 2.05) is 0 Å². The Bertz CT molecular complexity index is 1010. The number of fused-ring (bicyclic) bond motifs is 1. The minimum Gasteiger partial charge on any atom is -0.559 e. The molecule has 1 aliphatic carbocycles. The molecule has 5 heteroatoms. The fourth-order valence-electron chi connectivity index (χ4n) is 4.74. The van der Waals surface area contributed by atoms with Crippen molar-refractivity contribution < 1.29 is 13.9 Å². The monoisotopic (exact) mass is 471 g/mol. The number of aromatic nitrogens is 1. The van der Waals surface area contributed by atoms with E-state index in [1.165, 1.54) is 12.1 Å². The summed E-state index contributed by atoms with van der Waals surface area (Å²) in [7, 11) is -2.03. The Morgan fingerprint density at radius 3 is 2.24 bits per heavy atom. The normalized spacial score (nSPS) is 19.5. The Morgan fingerprint density at radius 2 is 1.73 bits per heavy atom. The minimum absolute atomic E-state index is 0.0440. The van der Waals surface area contributed by atoms with Crippen molar-refractivity contribution in [3.05, 3.63) is 63.7 Å². The number of hydrogen-bond acceptors (Lipinski definition) is 3. The summed E-state index contributed by atoms with van der Waals surface area (Å²) in [4.78, 5) is 5.18. The second-order valence-electron chi connectivity index (χ2n) is 12.4. The SMILES string of the molecule is Cc1c([C@H](O)c2ccc(F)cc2)c(C(C)C)nc2c1[C@@H](O[Si-](C)(C)C(C)(C)C)CC(C)(C)C2. The van der Waals surface area contributed by atoms with Gasteiger partial charge in [0, 0.05) is 28.6 Å². The van der Waals surface area contributed by atoms with Crippen LogP contribution >= 0.6 is 0 Å². The van der Waals surface area contributed by atoms with E-state index >= 15 is 0 Å². The van der Waals surface area contributed by atoms with Crippen molar-refractivity contribution in [3.8, 4) is 0 Å². The standard InChI is InChI=1S/C28H42FNO2Si/c1-17(2)25-24(26(31)19-11-13-20(29)14-12-19)18(3)23-21(30-25)15-28(7,8)16-22(23)32-33(9,10)27(4,5)6/h11-14,17,22,26,31H,15-16H2,1-10H3/q-1/t22-,26+/m0/s1. The number of hydrogen-bond donors (Lipinski definition) is 1. The molecule has 33 heavy (non-hydrogen) atoms. The molecule has 183 valence electrons. The van der Waals surface area contributed by atoms with Gasteiger partial charge in [-0.1, -0.05) is 60.6 Å². The summed E-state index contributed by atoms with van der Waals surface area (Å²) in [6.07, 6.45) is 0.928. The minimum atomic E-state index is -2.03. The lowest BCUT2D eigenvalue weighted by atomic mass is 9.72. The van der Waals surface area contributed by atoms with Crippen molar-refractivity contribution in [2.24, 2.45) is 5.41 Å². The van der Waals surface area contributed by atoms with Gasteiger partial charge < -0.3 is 9.53 Å². The van der Waals surface area contributed by atoms with E-state index < -0.39 is 14.4 Å². The van der Waals surface area contributed by atoms with E-state index in [9.17, 15) is 9.50 Å². The topological polar surface area (TPSA) is 42.4 Å². The van der Waals surface area contributed by atoms with E-state index in [1.54, 1.807) is 12.1 Å². The quantitative estimate of drug-likeness (QED) is 0.453. The van der Waals surface area contributed by atoms with Gasteiger partial charge in [-0.25, -0.2) is 4.39 Å². The molecule has 1 N–H and O–H groups in total. The van der Waals surface area contributed by atoms with Gasteiger partial charge in [0.2, 0.25) is 0 Å². The molecule has 1 aromatic heterocycles. The van der Waals surface area contributed by atoms with Crippen LogP contribution in [0.3, 0.4) is 0 Å². The van der Waals surface area contributed by atoms with Crippen LogP contribution in [-0.2, 0) is 10.8 Å². The lowest BCUT2D eigenvalue weighted by molar-refractivity contribution is 0.105. The molecule has 1 heterocycles. The molecule has 0 spiro atoms. The highest BCUT2D eigenvalue weighted by molar-refractivity contribution is 6.74. The molecule has 0 amide bonds. The highest BCUT2D eigenvalue weighted by Crippen LogP contribution is 2.49. The highest BCUT2D eigenvalue weighted by Gasteiger charge is 2.39. The van der Waals surface area contributed by atoms with Crippen LogP contribution in [0.2, 0.25) is 18.1 Å². The van der Waals surface area contributed by atoms with Crippen molar-refractivity contribution in [1.82, 2.24) is 4.98 Å². The first-order chi connectivity index (χ1) is 15.0. The number of rotatable bonds is 5. The molecule has 2 aromatic rings. The summed E-state index contributed by atoms with van der Waals surface area (Å²) in [5.41, 5.74) is 5.86. The Labute approximate surface area is 200 Å². The molecule has 1 aliphatic rings. The molecule has 3 rings (SSSR count). The van der Waals surface area contributed by atoms with E-state index in [2.05, 4.69) is 68.5 Å². The molecule has 0 saturated carbocycles. The van der Waals surface area contributed by atoms with E-state index in [0.29, 0.717) is 5.56 Å². The Hall–Kier alpha value is -1.56. The zero-order chi connectivity index (χ0) is 24.9. The molecular formula is C28H42FNO2Si-. The van der Waals surface area contributed by atoms with Crippen molar-refractivity contribution >= 4 is 8.32 Å². The largest absolute Gasteiger partial charge is 0.559 e. The number of aliphatic hydroxyl groups excluding tert-OH is 1. The maximum atomic E-state index is 13.5. The molecule has 0 aliphatic heterocycles. The average molecular weight is 472 g/mol. The summed E-state index contributed by atoms with van der Waals surface area (Å²) in [5, 5.41) is 11.6. The molecule has 0 unspecified atom stereocenters. The number of pyridine rings is 1. The third-order valence-corrected chi connectivity index (χ3v) is 12.1. The number of aliphatic hydroxyl groups is 1. The van der Waals surface area contributed by atoms with Crippen molar-refractivity contribution in [2.45, 2.75) is 104 Å². The van der Waals surface area contributed by atoms with Gasteiger partial charge in [-0.2, -0.15) is 0 Å². The van der Waals surface area contributed by atoms with Crippen LogP contribution in [-0.4, -0.2) is 18.4 Å². The van der Waals surface area contributed by atoms with Crippen LogP contribution in [0.4, 0.5) is 4.39 Å². The third kappa shape index (κ3) is 5.26. The first kappa shape index (κ1) is 26.0. The van der Waals surface area contributed by atoms with Gasteiger partial charge in [0.05, 0.1) is 0 Å². The lowest BCUT2D eigenvalue weighted by Gasteiger charge is -2.53. The maximum absolute atomic E-state index is 13.5. The second-order valence-corrected chi connectivity index (χ2v) is 17.2. The van der Waals surface area contributed by atoms with Gasteiger partial charge in [-0.3, -0.25) is 4.98 Å². The zero-order valence-electron chi connectivity index (χ0n) is 22.1. The second kappa shape index (κ2) is 8.90. The van der Waals surface area contributed by atoms with Crippen LogP contribution in [0.1, 0.15) is 107 Å². The van der Waals surface area contributed by atoms with Gasteiger partial charge in [0.15, 0.2) is 0 Å². The van der Waals surface area contributed by atoms with Gasteiger partial charge >= 0.3 is 0 Å². The van der Waals surface area contributed by atoms with E-state index in [0.717, 1.165) is 40.9 Å². The predicted octanol–water partition coefficient (Wildman–Crippen LogP) is 7.77. The van der Waals surface area contributed by atoms with Crippen molar-refractivity contribution in [3.63, 3.8) is 0 Å². The van der Waals surface area contributed by atoms with Crippen molar-refractivity contribution in [2.75, 3.05) is 0 Å². The van der Waals surface area contributed by atoms with Gasteiger partial charge in [-0.05, 0) is 62.7 Å². The van der Waals surface area contributed by atoms with E-state index in [4.69, 9.17) is 9.41 Å². The highest BCUT2D eigenvalue weighted by atomic mass is 28.4. The Morgan fingerprint density at radius 1 is 1.15 bits per heavy atom. The number of nitrogens with zero attached hydrogens (tertiary/aromatic N) is 1. The number of halogens is 1. The maximum Gasteiger partial charge on any atom is 0.123 e. The van der Waals surface area contributed by atoms with Crippen LogP contribution in [0.25, 0.3) is 0 Å². The number of benzene rings is 1. The molecule has 0 radical (unpaired) electrons. The van der Waals surface area contributed by atoms with Crippen LogP contribution in [0, 0.1) is 18.2 Å². The molecule has 1 aromatic carbocycles. The summed E-state index contributed by atoms with van der Waals surface area (Å²) >= 11 is 0. The first-order valence-corrected chi connectivity index (χ1v) is 15.1. The predicted molar refractivity (Wildman–Crippen MR) is 137 cm³/mol. The smallest absolute Gasteiger partial charge is 0.123 e. The summed E-state index contributed by atoms with van der Waals surface area (Å²) in [6.45, 7) is 22.3.